The number of aromatic nitrogens is 4. The van der Waals surface area contributed by atoms with Gasteiger partial charge in [-0.15, -0.1) is 0 Å². The molecular weight excluding hydrogens is 302 g/mol. The largest absolute Gasteiger partial charge is 0.392 e. The summed E-state index contributed by atoms with van der Waals surface area (Å²) >= 11 is 0. The molecular formula is C18H19N5O. The molecule has 0 saturated carbocycles. The molecule has 0 unspecified atom stereocenters. The lowest BCUT2D eigenvalue weighted by Gasteiger charge is -2.07. The number of anilines is 2. The van der Waals surface area contributed by atoms with E-state index in [2.05, 4.69) is 38.2 Å². The average Bonchev–Trinajstić information content (AvgIpc) is 2.63. The van der Waals surface area contributed by atoms with Gasteiger partial charge in [0.2, 0.25) is 5.95 Å². The molecule has 0 aliphatic rings. The van der Waals surface area contributed by atoms with E-state index in [9.17, 15) is 5.11 Å². The van der Waals surface area contributed by atoms with Crippen LogP contribution in [0, 0.1) is 0 Å². The van der Waals surface area contributed by atoms with Crippen LogP contribution in [-0.2, 0) is 13.0 Å². The van der Waals surface area contributed by atoms with Crippen molar-refractivity contribution in [1.82, 2.24) is 19.9 Å². The van der Waals surface area contributed by atoms with Gasteiger partial charge in [-0.05, 0) is 35.7 Å². The van der Waals surface area contributed by atoms with Gasteiger partial charge in [0.15, 0.2) is 5.82 Å². The Morgan fingerprint density at radius 2 is 2.00 bits per heavy atom. The van der Waals surface area contributed by atoms with Gasteiger partial charge in [0.1, 0.15) is 6.33 Å². The minimum absolute atomic E-state index is 0.00609. The Hall–Kier alpha value is -2.86. The van der Waals surface area contributed by atoms with Crippen LogP contribution < -0.4 is 5.32 Å². The maximum absolute atomic E-state index is 9.21. The van der Waals surface area contributed by atoms with E-state index in [-0.39, 0.29) is 6.61 Å². The fourth-order valence-corrected chi connectivity index (χ4v) is 2.41. The van der Waals surface area contributed by atoms with Gasteiger partial charge in [-0.1, -0.05) is 25.5 Å². The maximum atomic E-state index is 9.21. The van der Waals surface area contributed by atoms with E-state index in [0.29, 0.717) is 11.8 Å². The summed E-state index contributed by atoms with van der Waals surface area (Å²) in [7, 11) is 0. The Bertz CT molecular complexity index is 822. The third-order valence-corrected chi connectivity index (χ3v) is 3.53. The van der Waals surface area contributed by atoms with E-state index in [1.54, 1.807) is 6.20 Å². The standard InChI is InChI=1S/C18H19N5O/c1-2-4-13-7-15(10-19-9-13)17-20-12-21-18(23-17)22-16-6-3-5-14(8-16)11-24/h3,5-10,12,24H,2,4,11H2,1H3,(H,20,21,22,23). The topological polar surface area (TPSA) is 83.8 Å². The van der Waals surface area contributed by atoms with Crippen molar-refractivity contribution in [2.45, 2.75) is 26.4 Å². The molecule has 0 bridgehead atoms. The summed E-state index contributed by atoms with van der Waals surface area (Å²) in [6.07, 6.45) is 7.15. The van der Waals surface area contributed by atoms with Gasteiger partial charge in [-0.25, -0.2) is 9.97 Å². The molecule has 2 heterocycles. The first-order chi connectivity index (χ1) is 11.8. The van der Waals surface area contributed by atoms with Gasteiger partial charge in [-0.3, -0.25) is 4.98 Å². The summed E-state index contributed by atoms with van der Waals surface area (Å²) in [6.45, 7) is 2.13. The highest BCUT2D eigenvalue weighted by Crippen LogP contribution is 2.19. The summed E-state index contributed by atoms with van der Waals surface area (Å²) in [5.41, 5.74) is 3.68. The number of benzene rings is 1. The van der Waals surface area contributed by atoms with Gasteiger partial charge in [-0.2, -0.15) is 4.98 Å². The molecule has 0 atom stereocenters. The van der Waals surface area contributed by atoms with Crippen LogP contribution in [0.2, 0.25) is 0 Å². The molecule has 0 amide bonds. The van der Waals surface area contributed by atoms with Crippen LogP contribution in [0.1, 0.15) is 24.5 Å². The minimum Gasteiger partial charge on any atom is -0.392 e. The molecule has 0 radical (unpaired) electrons. The summed E-state index contributed by atoms with van der Waals surface area (Å²) < 4.78 is 0. The first-order valence-electron chi connectivity index (χ1n) is 7.88. The number of nitrogens with one attached hydrogen (secondary N) is 1. The van der Waals surface area contributed by atoms with Crippen molar-refractivity contribution < 1.29 is 5.11 Å². The van der Waals surface area contributed by atoms with Crippen molar-refractivity contribution in [3.8, 4) is 11.4 Å². The van der Waals surface area contributed by atoms with Crippen LogP contribution in [0.5, 0.6) is 0 Å². The summed E-state index contributed by atoms with van der Waals surface area (Å²) in [5, 5.41) is 12.3. The molecule has 0 aliphatic carbocycles. The molecule has 6 nitrogen and oxygen atoms in total. The molecule has 3 rings (SSSR count). The molecule has 0 aliphatic heterocycles. The molecule has 24 heavy (non-hydrogen) atoms. The highest BCUT2D eigenvalue weighted by Gasteiger charge is 2.06. The first kappa shape index (κ1) is 16.0. The second kappa shape index (κ2) is 7.61. The lowest BCUT2D eigenvalue weighted by molar-refractivity contribution is 0.282. The Morgan fingerprint density at radius 1 is 1.08 bits per heavy atom. The van der Waals surface area contributed by atoms with Gasteiger partial charge < -0.3 is 10.4 Å². The normalized spacial score (nSPS) is 10.6. The van der Waals surface area contributed by atoms with Crippen molar-refractivity contribution in [2.24, 2.45) is 0 Å². The van der Waals surface area contributed by atoms with Gasteiger partial charge in [0, 0.05) is 23.6 Å². The number of nitrogens with zero attached hydrogens (tertiary/aromatic N) is 4. The Morgan fingerprint density at radius 3 is 2.83 bits per heavy atom. The Kier molecular flexibility index (Phi) is 5.08. The molecule has 3 aromatic rings. The summed E-state index contributed by atoms with van der Waals surface area (Å²) in [5.74, 6) is 1.03. The minimum atomic E-state index is -0.00609. The van der Waals surface area contributed by atoms with Crippen LogP contribution in [0.15, 0.2) is 49.1 Å². The lowest BCUT2D eigenvalue weighted by atomic mass is 10.1. The Balaban J connectivity index is 1.84. The molecule has 0 fully saturated rings. The van der Waals surface area contributed by atoms with Crippen molar-refractivity contribution in [1.29, 1.82) is 0 Å². The number of pyridine rings is 1. The number of hydrogen-bond acceptors (Lipinski definition) is 6. The fourth-order valence-electron chi connectivity index (χ4n) is 2.41. The second-order valence-corrected chi connectivity index (χ2v) is 5.45. The van der Waals surface area contributed by atoms with Gasteiger partial charge >= 0.3 is 0 Å². The number of aliphatic hydroxyl groups excluding tert-OH is 1. The van der Waals surface area contributed by atoms with Crippen LogP contribution in [0.3, 0.4) is 0 Å². The van der Waals surface area contributed by atoms with E-state index in [0.717, 1.165) is 29.7 Å². The SMILES string of the molecule is CCCc1cncc(-c2ncnc(Nc3cccc(CO)c3)n2)c1. The molecule has 0 spiro atoms. The third-order valence-electron chi connectivity index (χ3n) is 3.53. The zero-order valence-electron chi connectivity index (χ0n) is 13.5. The molecule has 6 heteroatoms. The first-order valence-corrected chi connectivity index (χ1v) is 7.88. The summed E-state index contributed by atoms with van der Waals surface area (Å²) in [4.78, 5) is 17.1. The van der Waals surface area contributed by atoms with Crippen LogP contribution in [-0.4, -0.2) is 25.0 Å². The Labute approximate surface area is 140 Å². The molecule has 1 aromatic carbocycles. The van der Waals surface area contributed by atoms with E-state index >= 15 is 0 Å². The highest BCUT2D eigenvalue weighted by molar-refractivity contribution is 5.59. The van der Waals surface area contributed by atoms with Crippen LogP contribution >= 0.6 is 0 Å². The second-order valence-electron chi connectivity index (χ2n) is 5.45. The van der Waals surface area contributed by atoms with Crippen molar-refractivity contribution in [3.63, 3.8) is 0 Å². The maximum Gasteiger partial charge on any atom is 0.230 e. The monoisotopic (exact) mass is 321 g/mol. The predicted molar refractivity (Wildman–Crippen MR) is 92.7 cm³/mol. The smallest absolute Gasteiger partial charge is 0.230 e. The zero-order valence-corrected chi connectivity index (χ0v) is 13.5. The third kappa shape index (κ3) is 3.91. The number of rotatable bonds is 6. The van der Waals surface area contributed by atoms with Gasteiger partial charge in [0.05, 0.1) is 6.61 Å². The quantitative estimate of drug-likeness (QED) is 0.726. The van der Waals surface area contributed by atoms with Gasteiger partial charge in [0.25, 0.3) is 0 Å². The van der Waals surface area contributed by atoms with E-state index in [1.807, 2.05) is 30.5 Å². The van der Waals surface area contributed by atoms with Crippen LogP contribution in [0.4, 0.5) is 11.6 Å². The number of aliphatic hydroxyl groups is 1. The van der Waals surface area contributed by atoms with E-state index in [1.165, 1.54) is 11.9 Å². The number of aryl methyl sites for hydroxylation is 1. The van der Waals surface area contributed by atoms with Crippen molar-refractivity contribution >= 4 is 11.6 Å². The van der Waals surface area contributed by atoms with Crippen LogP contribution in [0.25, 0.3) is 11.4 Å². The van der Waals surface area contributed by atoms with E-state index in [4.69, 9.17) is 0 Å². The predicted octanol–water partition coefficient (Wildman–Crippen LogP) is 3.12. The summed E-state index contributed by atoms with van der Waals surface area (Å²) in [6, 6.07) is 9.53. The van der Waals surface area contributed by atoms with Crippen molar-refractivity contribution in [3.05, 3.63) is 60.2 Å². The number of hydrogen-bond donors (Lipinski definition) is 2. The fraction of sp³-hybridized carbons (Fsp3) is 0.222. The average molecular weight is 321 g/mol. The van der Waals surface area contributed by atoms with Crippen molar-refractivity contribution in [2.75, 3.05) is 5.32 Å². The molecule has 2 aromatic heterocycles. The zero-order chi connectivity index (χ0) is 16.8. The van der Waals surface area contributed by atoms with E-state index < -0.39 is 0 Å². The highest BCUT2D eigenvalue weighted by atomic mass is 16.3. The lowest BCUT2D eigenvalue weighted by Crippen LogP contribution is -2.01. The molecule has 0 saturated heterocycles. The molecule has 2 N–H and O–H groups in total. The molecule has 122 valence electrons.